The molecule has 3 rings (SSSR count). The number of benzene rings is 1. The third-order valence-corrected chi connectivity index (χ3v) is 4.78. The molecule has 0 aromatic heterocycles. The summed E-state index contributed by atoms with van der Waals surface area (Å²) in [6.45, 7) is 8.57. The highest BCUT2D eigenvalue weighted by atomic mass is 16.2. The molecule has 1 aliphatic heterocycles. The molecular weight excluding hydrogens is 262 g/mol. The zero-order chi connectivity index (χ0) is 15.0. The number of carbonyl (C=O) groups is 1. The van der Waals surface area contributed by atoms with Gasteiger partial charge >= 0.3 is 0 Å². The van der Waals surface area contributed by atoms with Crippen LogP contribution in [0.5, 0.6) is 0 Å². The third-order valence-electron chi connectivity index (χ3n) is 4.78. The summed E-state index contributed by atoms with van der Waals surface area (Å²) in [7, 11) is 2.17. The van der Waals surface area contributed by atoms with Crippen molar-refractivity contribution in [3.05, 3.63) is 23.8 Å². The monoisotopic (exact) mass is 287 g/mol. The summed E-state index contributed by atoms with van der Waals surface area (Å²) in [5.74, 6) is 0.953. The maximum Gasteiger partial charge on any atom is 0.227 e. The number of hydrogen-bond acceptors (Lipinski definition) is 3. The van der Waals surface area contributed by atoms with E-state index in [2.05, 4.69) is 48.1 Å². The van der Waals surface area contributed by atoms with Crippen molar-refractivity contribution in [2.24, 2.45) is 11.8 Å². The average Bonchev–Trinajstić information content (AvgIpc) is 3.19. The lowest BCUT2D eigenvalue weighted by Gasteiger charge is -2.34. The van der Waals surface area contributed by atoms with Crippen molar-refractivity contribution in [2.75, 3.05) is 43.4 Å². The van der Waals surface area contributed by atoms with Gasteiger partial charge in [0.25, 0.3) is 0 Å². The Hall–Kier alpha value is -1.55. The second-order valence-corrected chi connectivity index (χ2v) is 6.60. The van der Waals surface area contributed by atoms with Crippen molar-refractivity contribution in [2.45, 2.75) is 20.3 Å². The fraction of sp³-hybridized carbons (Fsp3) is 0.588. The first-order chi connectivity index (χ1) is 10.0. The van der Waals surface area contributed by atoms with Crippen molar-refractivity contribution in [1.29, 1.82) is 0 Å². The summed E-state index contributed by atoms with van der Waals surface area (Å²) in [4.78, 5) is 16.8. The normalized spacial score (nSPS) is 25.8. The Kier molecular flexibility index (Phi) is 3.89. The summed E-state index contributed by atoms with van der Waals surface area (Å²) in [5, 5.41) is 3.07. The molecule has 4 nitrogen and oxygen atoms in total. The molecule has 1 amide bonds. The van der Waals surface area contributed by atoms with Crippen LogP contribution in [-0.2, 0) is 4.79 Å². The molecule has 1 saturated heterocycles. The molecule has 114 valence electrons. The predicted molar refractivity (Wildman–Crippen MR) is 86.8 cm³/mol. The molecule has 2 fully saturated rings. The Bertz CT molecular complexity index is 535. The number of nitrogens with zero attached hydrogens (tertiary/aromatic N) is 2. The molecule has 1 saturated carbocycles. The first-order valence-electron chi connectivity index (χ1n) is 7.89. The van der Waals surface area contributed by atoms with Crippen molar-refractivity contribution >= 4 is 17.3 Å². The number of likely N-dealkylation sites (N-methyl/N-ethyl adjacent to an activating group) is 1. The van der Waals surface area contributed by atoms with E-state index in [1.54, 1.807) is 0 Å². The Balaban J connectivity index is 1.66. The van der Waals surface area contributed by atoms with E-state index >= 15 is 0 Å². The minimum Gasteiger partial charge on any atom is -0.369 e. The van der Waals surface area contributed by atoms with Crippen LogP contribution in [0.2, 0.25) is 0 Å². The van der Waals surface area contributed by atoms with Crippen LogP contribution in [-0.4, -0.2) is 44.0 Å². The van der Waals surface area contributed by atoms with Gasteiger partial charge in [0, 0.05) is 43.5 Å². The Labute approximate surface area is 127 Å². The molecule has 0 spiro atoms. The Morgan fingerprint density at radius 1 is 1.24 bits per heavy atom. The van der Waals surface area contributed by atoms with Crippen LogP contribution in [0.3, 0.4) is 0 Å². The second-order valence-electron chi connectivity index (χ2n) is 6.60. The second kappa shape index (κ2) is 5.68. The largest absolute Gasteiger partial charge is 0.369 e. The molecule has 0 radical (unpaired) electrons. The Morgan fingerprint density at radius 3 is 2.48 bits per heavy atom. The van der Waals surface area contributed by atoms with Gasteiger partial charge in [0.1, 0.15) is 0 Å². The minimum atomic E-state index is 0.179. The fourth-order valence-electron chi connectivity index (χ4n) is 2.96. The van der Waals surface area contributed by atoms with Crippen LogP contribution >= 0.6 is 0 Å². The molecule has 21 heavy (non-hydrogen) atoms. The summed E-state index contributed by atoms with van der Waals surface area (Å²) in [6.07, 6.45) is 1.03. The first kappa shape index (κ1) is 14.4. The van der Waals surface area contributed by atoms with Gasteiger partial charge < -0.3 is 15.1 Å². The molecule has 0 unspecified atom stereocenters. The third kappa shape index (κ3) is 3.21. The first-order valence-corrected chi connectivity index (χ1v) is 7.89. The van der Waals surface area contributed by atoms with Gasteiger partial charge in [0.05, 0.1) is 0 Å². The van der Waals surface area contributed by atoms with Crippen LogP contribution < -0.4 is 10.2 Å². The Morgan fingerprint density at radius 2 is 1.90 bits per heavy atom. The van der Waals surface area contributed by atoms with Gasteiger partial charge in [0.2, 0.25) is 5.91 Å². The van der Waals surface area contributed by atoms with Crippen molar-refractivity contribution in [1.82, 2.24) is 4.90 Å². The zero-order valence-electron chi connectivity index (χ0n) is 13.2. The van der Waals surface area contributed by atoms with Gasteiger partial charge in [0.15, 0.2) is 0 Å². The summed E-state index contributed by atoms with van der Waals surface area (Å²) < 4.78 is 0. The molecule has 1 aromatic rings. The van der Waals surface area contributed by atoms with E-state index in [1.165, 1.54) is 5.69 Å². The lowest BCUT2D eigenvalue weighted by atomic mass is 10.1. The number of anilines is 2. The quantitative estimate of drug-likeness (QED) is 0.927. The van der Waals surface area contributed by atoms with Crippen molar-refractivity contribution < 1.29 is 4.79 Å². The van der Waals surface area contributed by atoms with Gasteiger partial charge in [-0.15, -0.1) is 0 Å². The van der Waals surface area contributed by atoms with Gasteiger partial charge in [-0.3, -0.25) is 4.79 Å². The number of hydrogen-bond donors (Lipinski definition) is 1. The SMILES string of the molecule is Cc1cc(N2CCN(C)CC2)ccc1NC(=O)[C@H]1C[C@H]1C. The molecule has 2 atom stereocenters. The van der Waals surface area contributed by atoms with E-state index in [9.17, 15) is 4.79 Å². The van der Waals surface area contributed by atoms with E-state index in [4.69, 9.17) is 0 Å². The minimum absolute atomic E-state index is 0.179. The highest BCUT2D eigenvalue weighted by molar-refractivity contribution is 5.95. The fourth-order valence-corrected chi connectivity index (χ4v) is 2.96. The summed E-state index contributed by atoms with van der Waals surface area (Å²) in [6, 6.07) is 6.37. The van der Waals surface area contributed by atoms with Gasteiger partial charge in [-0.2, -0.15) is 0 Å². The number of carbonyl (C=O) groups excluding carboxylic acids is 1. The molecule has 1 N–H and O–H groups in total. The van der Waals surface area contributed by atoms with Crippen LogP contribution in [0.25, 0.3) is 0 Å². The topological polar surface area (TPSA) is 35.6 Å². The number of amides is 1. The number of rotatable bonds is 3. The maximum absolute atomic E-state index is 12.0. The van der Waals surface area contributed by atoms with Gasteiger partial charge in [-0.05, 0) is 50.1 Å². The van der Waals surface area contributed by atoms with Crippen LogP contribution in [0.15, 0.2) is 18.2 Å². The summed E-state index contributed by atoms with van der Waals surface area (Å²) >= 11 is 0. The van der Waals surface area contributed by atoms with E-state index in [0.29, 0.717) is 5.92 Å². The van der Waals surface area contributed by atoms with E-state index in [0.717, 1.165) is 43.9 Å². The highest BCUT2D eigenvalue weighted by Gasteiger charge is 2.39. The predicted octanol–water partition coefficient (Wildman–Crippen LogP) is 2.34. The van der Waals surface area contributed by atoms with Gasteiger partial charge in [-0.1, -0.05) is 6.92 Å². The van der Waals surface area contributed by atoms with Crippen molar-refractivity contribution in [3.8, 4) is 0 Å². The highest BCUT2D eigenvalue weighted by Crippen LogP contribution is 2.38. The van der Waals surface area contributed by atoms with Crippen LogP contribution in [0.4, 0.5) is 11.4 Å². The van der Waals surface area contributed by atoms with E-state index in [-0.39, 0.29) is 11.8 Å². The van der Waals surface area contributed by atoms with E-state index < -0.39 is 0 Å². The molecule has 2 aliphatic rings. The van der Waals surface area contributed by atoms with E-state index in [1.807, 2.05) is 6.07 Å². The number of piperazine rings is 1. The smallest absolute Gasteiger partial charge is 0.227 e. The number of aryl methyl sites for hydroxylation is 1. The van der Waals surface area contributed by atoms with Gasteiger partial charge in [-0.25, -0.2) is 0 Å². The average molecular weight is 287 g/mol. The lowest BCUT2D eigenvalue weighted by Crippen LogP contribution is -2.44. The lowest BCUT2D eigenvalue weighted by molar-refractivity contribution is -0.117. The number of nitrogens with one attached hydrogen (secondary N) is 1. The standard InChI is InChI=1S/C17H25N3O/c1-12-11-15(12)17(21)18-16-5-4-14(10-13(16)2)20-8-6-19(3)7-9-20/h4-5,10,12,15H,6-9,11H2,1-3H3,(H,18,21)/t12-,15+/m1/s1. The maximum atomic E-state index is 12.0. The molecule has 1 heterocycles. The summed E-state index contributed by atoms with van der Waals surface area (Å²) in [5.41, 5.74) is 3.36. The molecule has 0 bridgehead atoms. The van der Waals surface area contributed by atoms with Crippen molar-refractivity contribution in [3.63, 3.8) is 0 Å². The zero-order valence-corrected chi connectivity index (χ0v) is 13.2. The molecule has 1 aromatic carbocycles. The molecule has 4 heteroatoms. The van der Waals surface area contributed by atoms with Crippen LogP contribution in [0.1, 0.15) is 18.9 Å². The van der Waals surface area contributed by atoms with Crippen LogP contribution in [0, 0.1) is 18.8 Å². The molecular formula is C17H25N3O. The molecule has 1 aliphatic carbocycles.